The molecule has 0 aliphatic carbocycles. The van der Waals surface area contributed by atoms with Crippen molar-refractivity contribution < 1.29 is 21.9 Å². The van der Waals surface area contributed by atoms with E-state index in [1.54, 1.807) is 0 Å². The van der Waals surface area contributed by atoms with Crippen LogP contribution in [0.5, 0.6) is 5.75 Å². The molecule has 0 atom stereocenters. The minimum absolute atomic E-state index is 0.485. The Hall–Kier alpha value is -0.210. The molecule has 0 saturated heterocycles. The summed E-state index contributed by atoms with van der Waals surface area (Å²) in [5.41, 5.74) is 0. The second-order valence-electron chi connectivity index (χ2n) is 2.63. The summed E-state index contributed by atoms with van der Waals surface area (Å²) in [5.74, 6) is -0.833. The van der Waals surface area contributed by atoms with Crippen molar-refractivity contribution in [3.63, 3.8) is 0 Å². The van der Waals surface area contributed by atoms with Gasteiger partial charge in [0.1, 0.15) is 4.90 Å². The smallest absolute Gasteiger partial charge is 0.265 e. The number of benzene rings is 1. The Labute approximate surface area is 105 Å². The fourth-order valence-corrected chi connectivity index (χ4v) is 3.04. The van der Waals surface area contributed by atoms with Gasteiger partial charge in [0.25, 0.3) is 18.1 Å². The highest BCUT2D eigenvalue weighted by Crippen LogP contribution is 2.36. The molecular weight excluding hydrogens is 323 g/mol. The van der Waals surface area contributed by atoms with Crippen LogP contribution in [0, 0.1) is 0 Å². The Morgan fingerprint density at radius 2 is 1.50 bits per heavy atom. The molecule has 1 aromatic carbocycles. The molecule has 0 aliphatic heterocycles. The minimum atomic E-state index is -4.32. The summed E-state index contributed by atoms with van der Waals surface area (Å²) in [6.45, 7) is 0. The SMILES string of the molecule is O=S(=O)(Cl)c1cc(Cl)c(O)c(S(=O)(=O)Cl)c1. The van der Waals surface area contributed by atoms with Crippen molar-refractivity contribution in [1.29, 1.82) is 0 Å². The quantitative estimate of drug-likeness (QED) is 0.839. The minimum Gasteiger partial charge on any atom is -0.505 e. The number of halogens is 3. The lowest BCUT2D eigenvalue weighted by Crippen LogP contribution is -1.97. The molecule has 5 nitrogen and oxygen atoms in total. The molecular formula is C6H3Cl3O5S2. The topological polar surface area (TPSA) is 88.5 Å². The predicted molar refractivity (Wildman–Crippen MR) is 59.2 cm³/mol. The van der Waals surface area contributed by atoms with Gasteiger partial charge >= 0.3 is 0 Å². The lowest BCUT2D eigenvalue weighted by molar-refractivity contribution is 0.459. The van der Waals surface area contributed by atoms with E-state index < -0.39 is 38.7 Å². The largest absolute Gasteiger partial charge is 0.505 e. The van der Waals surface area contributed by atoms with Gasteiger partial charge in [-0.25, -0.2) is 16.8 Å². The van der Waals surface area contributed by atoms with Crippen molar-refractivity contribution in [2.75, 3.05) is 0 Å². The molecule has 0 aromatic heterocycles. The van der Waals surface area contributed by atoms with Gasteiger partial charge in [0, 0.05) is 21.4 Å². The fourth-order valence-electron chi connectivity index (χ4n) is 0.877. The molecule has 1 rings (SSSR count). The average Bonchev–Trinajstić information content (AvgIpc) is 2.05. The Morgan fingerprint density at radius 3 is 1.88 bits per heavy atom. The molecule has 0 heterocycles. The van der Waals surface area contributed by atoms with Crippen molar-refractivity contribution in [1.82, 2.24) is 0 Å². The molecule has 0 aliphatic rings. The first-order valence-electron chi connectivity index (χ1n) is 3.45. The van der Waals surface area contributed by atoms with Gasteiger partial charge in [0.05, 0.1) is 9.92 Å². The normalized spacial score (nSPS) is 12.7. The fraction of sp³-hybridized carbons (Fsp3) is 0. The van der Waals surface area contributed by atoms with Crippen LogP contribution < -0.4 is 0 Å². The van der Waals surface area contributed by atoms with Gasteiger partial charge in [-0.2, -0.15) is 0 Å². The van der Waals surface area contributed by atoms with E-state index in [2.05, 4.69) is 0 Å². The van der Waals surface area contributed by atoms with E-state index in [1.807, 2.05) is 0 Å². The molecule has 1 N–H and O–H groups in total. The number of hydrogen-bond acceptors (Lipinski definition) is 5. The zero-order valence-corrected chi connectivity index (χ0v) is 11.1. The molecule has 0 unspecified atom stereocenters. The van der Waals surface area contributed by atoms with Crippen LogP contribution in [0.15, 0.2) is 21.9 Å². The maximum absolute atomic E-state index is 11.0. The van der Waals surface area contributed by atoms with Crippen LogP contribution in [0.25, 0.3) is 0 Å². The summed E-state index contributed by atoms with van der Waals surface area (Å²) in [6.07, 6.45) is 0. The maximum atomic E-state index is 11.0. The van der Waals surface area contributed by atoms with E-state index in [1.165, 1.54) is 0 Å². The van der Waals surface area contributed by atoms with Gasteiger partial charge in [-0.1, -0.05) is 11.6 Å². The molecule has 90 valence electrons. The van der Waals surface area contributed by atoms with E-state index in [4.69, 9.17) is 33.0 Å². The average molecular weight is 326 g/mol. The first kappa shape index (κ1) is 13.9. The summed E-state index contributed by atoms with van der Waals surface area (Å²) < 4.78 is 43.9. The molecule has 0 saturated carbocycles. The second-order valence-corrected chi connectivity index (χ2v) is 8.14. The lowest BCUT2D eigenvalue weighted by atomic mass is 10.3. The van der Waals surface area contributed by atoms with Crippen LogP contribution >= 0.6 is 33.0 Å². The van der Waals surface area contributed by atoms with Crippen molar-refractivity contribution in [3.8, 4) is 5.75 Å². The third kappa shape index (κ3) is 2.92. The lowest BCUT2D eigenvalue weighted by Gasteiger charge is -2.05. The van der Waals surface area contributed by atoms with Crippen LogP contribution in [0.3, 0.4) is 0 Å². The van der Waals surface area contributed by atoms with Crippen LogP contribution in [-0.4, -0.2) is 21.9 Å². The zero-order chi connectivity index (χ0) is 12.7. The number of phenols is 1. The van der Waals surface area contributed by atoms with Gasteiger partial charge in [0.15, 0.2) is 5.75 Å². The van der Waals surface area contributed by atoms with E-state index in [0.29, 0.717) is 6.07 Å². The second kappa shape index (κ2) is 4.23. The Morgan fingerprint density at radius 1 is 1.00 bits per heavy atom. The first-order chi connectivity index (χ1) is 7.03. The van der Waals surface area contributed by atoms with Gasteiger partial charge in [-0.15, -0.1) is 0 Å². The van der Waals surface area contributed by atoms with Crippen molar-refractivity contribution in [2.24, 2.45) is 0 Å². The molecule has 0 bridgehead atoms. The molecule has 1 aromatic rings. The molecule has 10 heteroatoms. The van der Waals surface area contributed by atoms with Crippen molar-refractivity contribution >= 4 is 51.1 Å². The number of phenolic OH excluding ortho intramolecular Hbond substituents is 1. The van der Waals surface area contributed by atoms with Crippen molar-refractivity contribution in [3.05, 3.63) is 17.2 Å². The summed E-state index contributed by atoms with van der Waals surface area (Å²) >= 11 is 5.43. The monoisotopic (exact) mass is 324 g/mol. The third-order valence-corrected chi connectivity index (χ3v) is 4.50. The van der Waals surface area contributed by atoms with Crippen LogP contribution in [0.1, 0.15) is 0 Å². The third-order valence-electron chi connectivity index (χ3n) is 1.55. The first-order valence-corrected chi connectivity index (χ1v) is 8.45. The van der Waals surface area contributed by atoms with Gasteiger partial charge in [-0.05, 0) is 12.1 Å². The number of aromatic hydroxyl groups is 1. The molecule has 0 fully saturated rings. The van der Waals surface area contributed by atoms with E-state index in [-0.39, 0.29) is 0 Å². The van der Waals surface area contributed by atoms with Crippen LogP contribution in [-0.2, 0) is 18.1 Å². The van der Waals surface area contributed by atoms with E-state index in [0.717, 1.165) is 6.07 Å². The summed E-state index contributed by atoms with van der Waals surface area (Å²) in [7, 11) is 1.48. The van der Waals surface area contributed by atoms with Crippen molar-refractivity contribution in [2.45, 2.75) is 9.79 Å². The standard InChI is InChI=1S/C6H3Cl3O5S2/c7-4-1-3(15(8,11)12)2-5(6(4)10)16(9,13)14/h1-2,10H. The summed E-state index contributed by atoms with van der Waals surface area (Å²) in [4.78, 5) is -1.39. The highest BCUT2D eigenvalue weighted by Gasteiger charge is 2.23. The summed E-state index contributed by atoms with van der Waals surface area (Å²) in [6, 6.07) is 1.43. The molecule has 0 radical (unpaired) electrons. The number of hydrogen-bond donors (Lipinski definition) is 1. The van der Waals surface area contributed by atoms with Gasteiger partial charge in [0.2, 0.25) is 0 Å². The van der Waals surface area contributed by atoms with E-state index >= 15 is 0 Å². The molecule has 0 spiro atoms. The highest BCUT2D eigenvalue weighted by molar-refractivity contribution is 8.14. The molecule has 0 amide bonds. The van der Waals surface area contributed by atoms with Crippen LogP contribution in [0.4, 0.5) is 0 Å². The van der Waals surface area contributed by atoms with Gasteiger partial charge in [-0.3, -0.25) is 0 Å². The van der Waals surface area contributed by atoms with Crippen LogP contribution in [0.2, 0.25) is 5.02 Å². The number of rotatable bonds is 2. The highest BCUT2D eigenvalue weighted by atomic mass is 35.7. The zero-order valence-electron chi connectivity index (χ0n) is 7.19. The molecule has 16 heavy (non-hydrogen) atoms. The van der Waals surface area contributed by atoms with Gasteiger partial charge < -0.3 is 5.11 Å². The maximum Gasteiger partial charge on any atom is 0.265 e. The predicted octanol–water partition coefficient (Wildman–Crippen LogP) is 1.90. The Bertz CT molecular complexity index is 634. The summed E-state index contributed by atoms with van der Waals surface area (Å²) in [5, 5.41) is 8.80. The Balaban J connectivity index is 3.72. The van der Waals surface area contributed by atoms with E-state index in [9.17, 15) is 21.9 Å². The Kier molecular flexibility index (Phi) is 3.66.